The number of amides is 1. The second-order valence-corrected chi connectivity index (χ2v) is 12.2. The van der Waals surface area contributed by atoms with Crippen LogP contribution in [0.2, 0.25) is 0 Å². The molecule has 1 aromatic carbocycles. The van der Waals surface area contributed by atoms with Crippen molar-refractivity contribution in [2.24, 2.45) is 11.8 Å². The van der Waals surface area contributed by atoms with Gasteiger partial charge in [0.15, 0.2) is 5.69 Å². The summed E-state index contributed by atoms with van der Waals surface area (Å²) in [5.74, 6) is -1.65. The predicted molar refractivity (Wildman–Crippen MR) is 136 cm³/mol. The molecular weight excluding hydrogens is 521 g/mol. The molecule has 2 aromatic rings. The highest BCUT2D eigenvalue weighted by Crippen LogP contribution is 2.36. The number of carbonyl (C=O) groups excluding carboxylic acids is 1. The van der Waals surface area contributed by atoms with E-state index in [0.29, 0.717) is 55.6 Å². The second kappa shape index (κ2) is 11.8. The number of alkyl halides is 3. The number of halogens is 3. The van der Waals surface area contributed by atoms with Gasteiger partial charge in [0, 0.05) is 24.9 Å². The van der Waals surface area contributed by atoms with E-state index in [1.54, 1.807) is 19.1 Å². The Morgan fingerprint density at radius 1 is 1.29 bits per heavy atom. The molecule has 1 N–H and O–H groups in total. The number of nitrogens with zero attached hydrogens (tertiary/aromatic N) is 3. The maximum Gasteiger partial charge on any atom is 0.391 e. The molecule has 208 valence electrons. The maximum absolute atomic E-state index is 13.1. The average Bonchev–Trinajstić information content (AvgIpc) is 3.25. The molecule has 0 spiro atoms. The van der Waals surface area contributed by atoms with E-state index >= 15 is 0 Å². The van der Waals surface area contributed by atoms with Crippen molar-refractivity contribution in [3.63, 3.8) is 0 Å². The number of hydrogen-bond acceptors (Lipinski definition) is 6. The van der Waals surface area contributed by atoms with Crippen molar-refractivity contribution in [2.45, 2.75) is 63.9 Å². The van der Waals surface area contributed by atoms with E-state index in [-0.39, 0.29) is 34.6 Å². The lowest BCUT2D eigenvalue weighted by Crippen LogP contribution is -2.34. The number of carbonyl (C=O) groups is 1. The summed E-state index contributed by atoms with van der Waals surface area (Å²) in [6.07, 6.45) is -0.850. The first-order chi connectivity index (χ1) is 17.8. The standard InChI is InChI=1S/C26H33F3N4O4S/c1-5-33-24(20-11-8-18(13-22(20)37-3)12-16(2)26(27,28)29)21(14-30)23(32-33)25(34)31-15-17-6-9-19(10-7-17)38(4,35)36/h8,11,13,16-17,19H,5-7,9-10,12,15H2,1-4H3,(H,31,34). The minimum atomic E-state index is -4.32. The van der Waals surface area contributed by atoms with E-state index in [1.165, 1.54) is 24.1 Å². The Morgan fingerprint density at radius 3 is 2.47 bits per heavy atom. The van der Waals surface area contributed by atoms with Crippen LogP contribution < -0.4 is 10.1 Å². The van der Waals surface area contributed by atoms with E-state index in [1.807, 2.05) is 0 Å². The molecule has 1 aliphatic rings. The number of benzene rings is 1. The average molecular weight is 555 g/mol. The zero-order chi connectivity index (χ0) is 28.3. The lowest BCUT2D eigenvalue weighted by Gasteiger charge is -2.27. The minimum absolute atomic E-state index is 0.0415. The van der Waals surface area contributed by atoms with Crippen LogP contribution in [0.1, 0.15) is 61.1 Å². The van der Waals surface area contributed by atoms with Gasteiger partial charge in [-0.1, -0.05) is 13.0 Å². The number of sulfone groups is 1. The molecule has 12 heteroatoms. The topological polar surface area (TPSA) is 114 Å². The number of aryl methyl sites for hydroxylation is 1. The highest BCUT2D eigenvalue weighted by Gasteiger charge is 2.36. The first kappa shape index (κ1) is 29.5. The largest absolute Gasteiger partial charge is 0.496 e. The lowest BCUT2D eigenvalue weighted by atomic mass is 9.89. The van der Waals surface area contributed by atoms with E-state index in [9.17, 15) is 31.6 Å². The van der Waals surface area contributed by atoms with Crippen molar-refractivity contribution >= 4 is 15.7 Å². The Kier molecular flexibility index (Phi) is 9.13. The second-order valence-electron chi connectivity index (χ2n) is 9.86. The van der Waals surface area contributed by atoms with Gasteiger partial charge in [-0.15, -0.1) is 0 Å². The summed E-state index contributed by atoms with van der Waals surface area (Å²) in [5, 5.41) is 16.8. The molecule has 1 aromatic heterocycles. The fraction of sp³-hybridized carbons (Fsp3) is 0.577. The SMILES string of the molecule is CCn1nc(C(=O)NCC2CCC(S(C)(=O)=O)CC2)c(C#N)c1-c1ccc(CC(C)C(F)(F)F)cc1OC. The first-order valence-corrected chi connectivity index (χ1v) is 14.5. The van der Waals surface area contributed by atoms with E-state index in [0.717, 1.165) is 6.92 Å². The normalized spacial score (nSPS) is 19.0. The van der Waals surface area contributed by atoms with Gasteiger partial charge in [0.05, 0.1) is 24.0 Å². The molecule has 0 aliphatic heterocycles. The molecule has 0 bridgehead atoms. The van der Waals surface area contributed by atoms with E-state index in [4.69, 9.17) is 4.74 Å². The summed E-state index contributed by atoms with van der Waals surface area (Å²) in [6, 6.07) is 6.72. The molecule has 1 fully saturated rings. The molecular formula is C26H33F3N4O4S. The van der Waals surface area contributed by atoms with Crippen molar-refractivity contribution in [3.05, 3.63) is 35.0 Å². The fourth-order valence-electron chi connectivity index (χ4n) is 4.84. The molecule has 0 saturated heterocycles. The van der Waals surface area contributed by atoms with Crippen molar-refractivity contribution in [1.82, 2.24) is 15.1 Å². The van der Waals surface area contributed by atoms with Crippen LogP contribution in [0.5, 0.6) is 5.75 Å². The van der Waals surface area contributed by atoms with Gasteiger partial charge in [0.1, 0.15) is 27.2 Å². The minimum Gasteiger partial charge on any atom is -0.496 e. The Hall–Kier alpha value is -3.07. The van der Waals surface area contributed by atoms with Crippen LogP contribution in [-0.4, -0.2) is 55.4 Å². The van der Waals surface area contributed by atoms with Gasteiger partial charge in [-0.25, -0.2) is 8.42 Å². The van der Waals surface area contributed by atoms with Crippen molar-refractivity contribution in [1.29, 1.82) is 5.26 Å². The summed E-state index contributed by atoms with van der Waals surface area (Å²) in [5.41, 5.74) is 1.21. The van der Waals surface area contributed by atoms with Gasteiger partial charge < -0.3 is 10.1 Å². The van der Waals surface area contributed by atoms with Crippen LogP contribution >= 0.6 is 0 Å². The summed E-state index contributed by atoms with van der Waals surface area (Å²) in [4.78, 5) is 13.1. The number of nitriles is 1. The molecule has 1 saturated carbocycles. The molecule has 1 unspecified atom stereocenters. The van der Waals surface area contributed by atoms with Gasteiger partial charge in [0.2, 0.25) is 0 Å². The number of methoxy groups -OCH3 is 1. The Bertz CT molecular complexity index is 1310. The van der Waals surface area contributed by atoms with Crippen LogP contribution in [-0.2, 0) is 22.8 Å². The summed E-state index contributed by atoms with van der Waals surface area (Å²) >= 11 is 0. The Morgan fingerprint density at radius 2 is 1.95 bits per heavy atom. The number of nitrogens with one attached hydrogen (secondary N) is 1. The number of rotatable bonds is 9. The molecule has 1 amide bonds. The van der Waals surface area contributed by atoms with Crippen LogP contribution in [0.15, 0.2) is 18.2 Å². The maximum atomic E-state index is 13.1. The third-order valence-electron chi connectivity index (χ3n) is 7.15. The Balaban J connectivity index is 1.83. The third-order valence-corrected chi connectivity index (χ3v) is 8.83. The smallest absolute Gasteiger partial charge is 0.391 e. The van der Waals surface area contributed by atoms with Crippen molar-refractivity contribution in [2.75, 3.05) is 19.9 Å². The van der Waals surface area contributed by atoms with Crippen LogP contribution in [0.25, 0.3) is 11.3 Å². The van der Waals surface area contributed by atoms with Gasteiger partial charge in [0.25, 0.3) is 5.91 Å². The number of ether oxygens (including phenoxy) is 1. The van der Waals surface area contributed by atoms with Crippen LogP contribution in [0.4, 0.5) is 13.2 Å². The molecule has 0 radical (unpaired) electrons. The van der Waals surface area contributed by atoms with Crippen molar-refractivity contribution < 1.29 is 31.1 Å². The third kappa shape index (κ3) is 6.67. The molecule has 1 aliphatic carbocycles. The van der Waals surface area contributed by atoms with Gasteiger partial charge in [-0.05, 0) is 62.6 Å². The van der Waals surface area contributed by atoms with E-state index in [2.05, 4.69) is 16.5 Å². The monoisotopic (exact) mass is 554 g/mol. The van der Waals surface area contributed by atoms with Gasteiger partial charge in [-0.3, -0.25) is 9.48 Å². The molecule has 38 heavy (non-hydrogen) atoms. The van der Waals surface area contributed by atoms with Crippen LogP contribution in [0.3, 0.4) is 0 Å². The summed E-state index contributed by atoms with van der Waals surface area (Å²) < 4.78 is 69.6. The molecule has 1 heterocycles. The lowest BCUT2D eigenvalue weighted by molar-refractivity contribution is -0.169. The molecule has 8 nitrogen and oxygen atoms in total. The summed E-state index contributed by atoms with van der Waals surface area (Å²) in [7, 11) is -1.69. The molecule has 1 atom stereocenters. The quantitative estimate of drug-likeness (QED) is 0.487. The van der Waals surface area contributed by atoms with Gasteiger partial charge in [-0.2, -0.15) is 23.5 Å². The summed E-state index contributed by atoms with van der Waals surface area (Å²) in [6.45, 7) is 3.58. The zero-order valence-electron chi connectivity index (χ0n) is 21.9. The fourth-order valence-corrected chi connectivity index (χ4v) is 5.97. The predicted octanol–water partition coefficient (Wildman–Crippen LogP) is 4.52. The number of aromatic nitrogens is 2. The van der Waals surface area contributed by atoms with Crippen molar-refractivity contribution in [3.8, 4) is 23.1 Å². The van der Waals surface area contributed by atoms with Crippen LogP contribution in [0, 0.1) is 23.2 Å². The van der Waals surface area contributed by atoms with Gasteiger partial charge >= 0.3 is 6.18 Å². The highest BCUT2D eigenvalue weighted by atomic mass is 32.2. The molecule has 3 rings (SSSR count). The van der Waals surface area contributed by atoms with E-state index < -0.39 is 27.8 Å². The highest BCUT2D eigenvalue weighted by molar-refractivity contribution is 7.91. The Labute approximate surface area is 221 Å². The number of hydrogen-bond donors (Lipinski definition) is 1. The zero-order valence-corrected chi connectivity index (χ0v) is 22.7. The first-order valence-electron chi connectivity index (χ1n) is 12.5.